The van der Waals surface area contributed by atoms with Gasteiger partial charge in [0.2, 0.25) is 0 Å². The fraction of sp³-hybridized carbons (Fsp3) is 0.0769. The lowest BCUT2D eigenvalue weighted by molar-refractivity contribution is 0.0697. The van der Waals surface area contributed by atoms with Crippen LogP contribution in [0.25, 0.3) is 0 Å². The van der Waals surface area contributed by atoms with E-state index in [2.05, 4.69) is 10.3 Å². The van der Waals surface area contributed by atoms with Crippen LogP contribution in [0.5, 0.6) is 0 Å². The van der Waals surface area contributed by atoms with Gasteiger partial charge in [-0.05, 0) is 36.8 Å². The highest BCUT2D eigenvalue weighted by Crippen LogP contribution is 2.20. The molecular formula is C13H12N2O2. The first kappa shape index (κ1) is 11.1. The number of anilines is 2. The summed E-state index contributed by atoms with van der Waals surface area (Å²) in [6.07, 6.45) is 3.44. The Morgan fingerprint density at radius 3 is 2.88 bits per heavy atom. The molecule has 0 bridgehead atoms. The van der Waals surface area contributed by atoms with Gasteiger partial charge in [-0.1, -0.05) is 6.07 Å². The lowest BCUT2D eigenvalue weighted by Crippen LogP contribution is -1.98. The van der Waals surface area contributed by atoms with Crippen molar-refractivity contribution in [3.8, 4) is 0 Å². The molecule has 0 aliphatic rings. The van der Waals surface area contributed by atoms with Gasteiger partial charge in [0.25, 0.3) is 0 Å². The molecule has 86 valence electrons. The molecule has 4 nitrogen and oxygen atoms in total. The molecule has 2 aromatic rings. The zero-order valence-electron chi connectivity index (χ0n) is 9.34. The topological polar surface area (TPSA) is 62.2 Å². The number of benzene rings is 1. The molecule has 0 spiro atoms. The number of aryl methyl sites for hydroxylation is 1. The number of aromatic nitrogens is 1. The quantitative estimate of drug-likeness (QED) is 0.847. The summed E-state index contributed by atoms with van der Waals surface area (Å²) in [5.74, 6) is -0.930. The third kappa shape index (κ3) is 2.60. The van der Waals surface area contributed by atoms with Crippen molar-refractivity contribution in [2.75, 3.05) is 5.32 Å². The van der Waals surface area contributed by atoms with Crippen LogP contribution < -0.4 is 5.32 Å². The number of carboxylic acid groups (broad SMARTS) is 1. The van der Waals surface area contributed by atoms with Gasteiger partial charge in [0, 0.05) is 23.8 Å². The Morgan fingerprint density at radius 2 is 2.18 bits per heavy atom. The Bertz CT molecular complexity index is 553. The fourth-order valence-corrected chi connectivity index (χ4v) is 1.50. The summed E-state index contributed by atoms with van der Waals surface area (Å²) in [4.78, 5) is 14.8. The summed E-state index contributed by atoms with van der Waals surface area (Å²) in [7, 11) is 0. The van der Waals surface area contributed by atoms with E-state index < -0.39 is 5.97 Å². The minimum Gasteiger partial charge on any atom is -0.478 e. The molecule has 17 heavy (non-hydrogen) atoms. The van der Waals surface area contributed by atoms with Crippen LogP contribution in [0, 0.1) is 6.92 Å². The van der Waals surface area contributed by atoms with Gasteiger partial charge < -0.3 is 10.4 Å². The minimum atomic E-state index is -0.930. The first-order valence-electron chi connectivity index (χ1n) is 5.18. The van der Waals surface area contributed by atoms with E-state index in [0.29, 0.717) is 0 Å². The number of hydrogen-bond acceptors (Lipinski definition) is 3. The number of hydrogen-bond donors (Lipinski definition) is 2. The van der Waals surface area contributed by atoms with Crippen molar-refractivity contribution < 1.29 is 9.90 Å². The first-order valence-corrected chi connectivity index (χ1v) is 5.18. The summed E-state index contributed by atoms with van der Waals surface area (Å²) in [6.45, 7) is 1.94. The standard InChI is InChI=1S/C13H12N2O2/c1-9-8-14-6-5-12(9)15-11-4-2-3-10(7-11)13(16)17/h2-8H,1H3,(H,14,15)(H,16,17). The van der Waals surface area contributed by atoms with Gasteiger partial charge in [-0.25, -0.2) is 4.79 Å². The van der Waals surface area contributed by atoms with Crippen LogP contribution in [0.15, 0.2) is 42.7 Å². The van der Waals surface area contributed by atoms with E-state index in [9.17, 15) is 4.79 Å². The van der Waals surface area contributed by atoms with Gasteiger partial charge in [0.05, 0.1) is 5.56 Å². The molecule has 0 radical (unpaired) electrons. The molecule has 2 rings (SSSR count). The Balaban J connectivity index is 2.28. The molecule has 0 amide bonds. The zero-order valence-corrected chi connectivity index (χ0v) is 9.34. The van der Waals surface area contributed by atoms with Gasteiger partial charge in [-0.15, -0.1) is 0 Å². The van der Waals surface area contributed by atoms with Gasteiger partial charge >= 0.3 is 5.97 Å². The molecule has 1 heterocycles. The van der Waals surface area contributed by atoms with Crippen molar-refractivity contribution in [1.82, 2.24) is 4.98 Å². The summed E-state index contributed by atoms with van der Waals surface area (Å²) in [5, 5.41) is 12.1. The summed E-state index contributed by atoms with van der Waals surface area (Å²) >= 11 is 0. The van der Waals surface area contributed by atoms with Crippen LogP contribution >= 0.6 is 0 Å². The fourth-order valence-electron chi connectivity index (χ4n) is 1.50. The number of rotatable bonds is 3. The SMILES string of the molecule is Cc1cnccc1Nc1cccc(C(=O)O)c1. The average molecular weight is 228 g/mol. The molecule has 1 aromatic heterocycles. The third-order valence-electron chi connectivity index (χ3n) is 2.41. The number of pyridine rings is 1. The van der Waals surface area contributed by atoms with E-state index in [1.165, 1.54) is 0 Å². The van der Waals surface area contributed by atoms with Gasteiger partial charge in [-0.2, -0.15) is 0 Å². The molecule has 1 aromatic carbocycles. The smallest absolute Gasteiger partial charge is 0.335 e. The Hall–Kier alpha value is -2.36. The molecule has 0 fully saturated rings. The monoisotopic (exact) mass is 228 g/mol. The highest BCUT2D eigenvalue weighted by atomic mass is 16.4. The number of aromatic carboxylic acids is 1. The largest absolute Gasteiger partial charge is 0.478 e. The summed E-state index contributed by atoms with van der Waals surface area (Å²) < 4.78 is 0. The first-order chi connectivity index (χ1) is 8.16. The van der Waals surface area contributed by atoms with Crippen LogP contribution in [0.4, 0.5) is 11.4 Å². The van der Waals surface area contributed by atoms with Crippen LogP contribution in [0.2, 0.25) is 0 Å². The maximum atomic E-state index is 10.8. The van der Waals surface area contributed by atoms with Crippen molar-refractivity contribution >= 4 is 17.3 Å². The third-order valence-corrected chi connectivity index (χ3v) is 2.41. The van der Waals surface area contributed by atoms with Crippen molar-refractivity contribution in [3.63, 3.8) is 0 Å². The molecule has 2 N–H and O–H groups in total. The minimum absolute atomic E-state index is 0.265. The molecule has 0 saturated carbocycles. The Morgan fingerprint density at radius 1 is 1.35 bits per heavy atom. The predicted octanol–water partition coefficient (Wildman–Crippen LogP) is 2.83. The van der Waals surface area contributed by atoms with Crippen LogP contribution in [0.3, 0.4) is 0 Å². The average Bonchev–Trinajstić information content (AvgIpc) is 2.32. The molecule has 0 aliphatic heterocycles. The summed E-state index contributed by atoms with van der Waals surface area (Å²) in [5.41, 5.74) is 2.94. The number of nitrogens with one attached hydrogen (secondary N) is 1. The van der Waals surface area contributed by atoms with E-state index in [1.807, 2.05) is 19.1 Å². The van der Waals surface area contributed by atoms with Gasteiger partial charge in [0.1, 0.15) is 0 Å². The molecule has 0 aliphatic carbocycles. The molecule has 4 heteroatoms. The number of nitrogens with zero attached hydrogens (tertiary/aromatic N) is 1. The van der Waals surface area contributed by atoms with Crippen molar-refractivity contribution in [2.45, 2.75) is 6.92 Å². The van der Waals surface area contributed by atoms with Crippen LogP contribution in [0.1, 0.15) is 15.9 Å². The highest BCUT2D eigenvalue weighted by molar-refractivity contribution is 5.89. The van der Waals surface area contributed by atoms with E-state index in [4.69, 9.17) is 5.11 Å². The normalized spacial score (nSPS) is 9.94. The van der Waals surface area contributed by atoms with Crippen molar-refractivity contribution in [2.24, 2.45) is 0 Å². The second-order valence-electron chi connectivity index (χ2n) is 3.70. The predicted molar refractivity (Wildman–Crippen MR) is 65.7 cm³/mol. The maximum Gasteiger partial charge on any atom is 0.335 e. The Labute approximate surface area is 98.9 Å². The summed E-state index contributed by atoms with van der Waals surface area (Å²) in [6, 6.07) is 8.55. The van der Waals surface area contributed by atoms with Crippen molar-refractivity contribution in [3.05, 3.63) is 53.9 Å². The van der Waals surface area contributed by atoms with E-state index in [-0.39, 0.29) is 5.56 Å². The lowest BCUT2D eigenvalue weighted by atomic mass is 10.2. The molecular weight excluding hydrogens is 216 g/mol. The highest BCUT2D eigenvalue weighted by Gasteiger charge is 2.04. The van der Waals surface area contributed by atoms with Crippen LogP contribution in [-0.4, -0.2) is 16.1 Å². The molecule has 0 saturated heterocycles. The van der Waals surface area contributed by atoms with E-state index in [1.54, 1.807) is 30.6 Å². The second kappa shape index (κ2) is 4.65. The van der Waals surface area contributed by atoms with Gasteiger partial charge in [-0.3, -0.25) is 4.98 Å². The second-order valence-corrected chi connectivity index (χ2v) is 3.70. The molecule has 0 unspecified atom stereocenters. The van der Waals surface area contributed by atoms with E-state index >= 15 is 0 Å². The van der Waals surface area contributed by atoms with Crippen molar-refractivity contribution in [1.29, 1.82) is 0 Å². The van der Waals surface area contributed by atoms with Gasteiger partial charge in [0.15, 0.2) is 0 Å². The number of carbonyl (C=O) groups is 1. The van der Waals surface area contributed by atoms with E-state index in [0.717, 1.165) is 16.9 Å². The number of carboxylic acids is 1. The lowest BCUT2D eigenvalue weighted by Gasteiger charge is -2.09. The Kier molecular flexibility index (Phi) is 3.05. The zero-order chi connectivity index (χ0) is 12.3. The molecule has 0 atom stereocenters. The van der Waals surface area contributed by atoms with Crippen LogP contribution in [-0.2, 0) is 0 Å². The maximum absolute atomic E-state index is 10.8.